The Bertz CT molecular complexity index is 171. The van der Waals surface area contributed by atoms with Gasteiger partial charge in [-0.25, -0.2) is 0 Å². The van der Waals surface area contributed by atoms with Crippen LogP contribution in [0.3, 0.4) is 0 Å². The summed E-state index contributed by atoms with van der Waals surface area (Å²) in [4.78, 5) is 0. The van der Waals surface area contributed by atoms with Gasteiger partial charge in [-0.3, -0.25) is 0 Å². The van der Waals surface area contributed by atoms with Crippen LogP contribution in [-0.4, -0.2) is 24.3 Å². The molecule has 1 atom stereocenters. The van der Waals surface area contributed by atoms with E-state index in [1.165, 1.54) is 51.4 Å². The second kappa shape index (κ2) is 5.86. The second-order valence-electron chi connectivity index (χ2n) is 5.42. The molecule has 1 unspecified atom stereocenters. The third-order valence-corrected chi connectivity index (χ3v) is 4.21. The number of hydrogen-bond acceptors (Lipinski definition) is 2. The number of nitrogens with one attached hydrogen (secondary N) is 1. The Kier molecular flexibility index (Phi) is 4.45. The molecule has 2 fully saturated rings. The first-order valence-electron chi connectivity index (χ1n) is 6.75. The van der Waals surface area contributed by atoms with E-state index in [4.69, 9.17) is 0 Å². The van der Waals surface area contributed by atoms with E-state index in [0.29, 0.717) is 5.92 Å². The van der Waals surface area contributed by atoms with E-state index in [-0.39, 0.29) is 6.10 Å². The van der Waals surface area contributed by atoms with E-state index in [2.05, 4.69) is 5.32 Å². The molecule has 2 N–H and O–H groups in total. The molecule has 2 nitrogen and oxygen atoms in total. The van der Waals surface area contributed by atoms with Crippen LogP contribution in [0.5, 0.6) is 0 Å². The van der Waals surface area contributed by atoms with Crippen LogP contribution in [0.25, 0.3) is 0 Å². The van der Waals surface area contributed by atoms with Gasteiger partial charge in [-0.15, -0.1) is 0 Å². The van der Waals surface area contributed by atoms with Gasteiger partial charge in [0.25, 0.3) is 0 Å². The topological polar surface area (TPSA) is 32.3 Å². The van der Waals surface area contributed by atoms with E-state index >= 15 is 0 Å². The van der Waals surface area contributed by atoms with E-state index in [1.54, 1.807) is 0 Å². The Morgan fingerprint density at radius 2 is 1.60 bits per heavy atom. The van der Waals surface area contributed by atoms with Crippen LogP contribution in [-0.2, 0) is 0 Å². The summed E-state index contributed by atoms with van der Waals surface area (Å²) in [7, 11) is 0. The van der Waals surface area contributed by atoms with Gasteiger partial charge in [0, 0.05) is 6.54 Å². The quantitative estimate of drug-likeness (QED) is 0.731. The molecule has 2 saturated carbocycles. The lowest BCUT2D eigenvalue weighted by molar-refractivity contribution is 0.108. The number of rotatable bonds is 5. The largest absolute Gasteiger partial charge is 0.392 e. The van der Waals surface area contributed by atoms with Crippen molar-refractivity contribution in [2.45, 2.75) is 57.5 Å². The molecular weight excluding hydrogens is 186 g/mol. The van der Waals surface area contributed by atoms with Crippen LogP contribution >= 0.6 is 0 Å². The minimum Gasteiger partial charge on any atom is -0.392 e. The van der Waals surface area contributed by atoms with Gasteiger partial charge in [0.05, 0.1) is 6.10 Å². The zero-order chi connectivity index (χ0) is 10.5. The standard InChI is InChI=1S/C13H25NO/c15-13(12-7-3-4-8-12)10-14-9-11-5-1-2-6-11/h11-15H,1-10H2. The summed E-state index contributed by atoms with van der Waals surface area (Å²) in [6, 6.07) is 0. The lowest BCUT2D eigenvalue weighted by Gasteiger charge is -2.19. The molecule has 88 valence electrons. The predicted molar refractivity (Wildman–Crippen MR) is 62.8 cm³/mol. The maximum Gasteiger partial charge on any atom is 0.0692 e. The third-order valence-electron chi connectivity index (χ3n) is 4.21. The molecule has 2 rings (SSSR count). The lowest BCUT2D eigenvalue weighted by atomic mass is 10.0. The van der Waals surface area contributed by atoms with Crippen LogP contribution in [0.2, 0.25) is 0 Å². The molecule has 0 bridgehead atoms. The average Bonchev–Trinajstić information content (AvgIpc) is 2.90. The molecule has 0 aromatic heterocycles. The van der Waals surface area contributed by atoms with Crippen LogP contribution in [0.1, 0.15) is 51.4 Å². The molecule has 0 aromatic rings. The normalized spacial score (nSPS) is 26.2. The second-order valence-corrected chi connectivity index (χ2v) is 5.42. The molecule has 0 aromatic carbocycles. The predicted octanol–water partition coefficient (Wildman–Crippen LogP) is 2.32. The molecule has 0 saturated heterocycles. The zero-order valence-electron chi connectivity index (χ0n) is 9.75. The first-order valence-corrected chi connectivity index (χ1v) is 6.75. The molecule has 0 spiro atoms. The van der Waals surface area contributed by atoms with Crippen molar-refractivity contribution in [3.63, 3.8) is 0 Å². The van der Waals surface area contributed by atoms with Gasteiger partial charge in [-0.2, -0.15) is 0 Å². The van der Waals surface area contributed by atoms with Gasteiger partial charge in [0.1, 0.15) is 0 Å². The fourth-order valence-corrected chi connectivity index (χ4v) is 3.16. The van der Waals surface area contributed by atoms with Crippen molar-refractivity contribution >= 4 is 0 Å². The van der Waals surface area contributed by atoms with Crippen molar-refractivity contribution in [1.29, 1.82) is 0 Å². The van der Waals surface area contributed by atoms with E-state index in [0.717, 1.165) is 19.0 Å². The summed E-state index contributed by atoms with van der Waals surface area (Å²) in [5.41, 5.74) is 0. The highest BCUT2D eigenvalue weighted by atomic mass is 16.3. The smallest absolute Gasteiger partial charge is 0.0692 e. The van der Waals surface area contributed by atoms with Gasteiger partial charge < -0.3 is 10.4 Å². The molecular formula is C13H25NO. The molecule has 15 heavy (non-hydrogen) atoms. The average molecular weight is 211 g/mol. The number of aliphatic hydroxyl groups is 1. The Labute approximate surface area is 93.5 Å². The zero-order valence-corrected chi connectivity index (χ0v) is 9.75. The summed E-state index contributed by atoms with van der Waals surface area (Å²) in [5.74, 6) is 1.47. The lowest BCUT2D eigenvalue weighted by Crippen LogP contribution is -2.34. The molecule has 0 aliphatic heterocycles. The van der Waals surface area contributed by atoms with Crippen LogP contribution < -0.4 is 5.32 Å². The van der Waals surface area contributed by atoms with Gasteiger partial charge in [-0.05, 0) is 44.1 Å². The highest BCUT2D eigenvalue weighted by Crippen LogP contribution is 2.27. The monoisotopic (exact) mass is 211 g/mol. The highest BCUT2D eigenvalue weighted by Gasteiger charge is 2.23. The van der Waals surface area contributed by atoms with Crippen molar-refractivity contribution in [2.75, 3.05) is 13.1 Å². The first-order chi connectivity index (χ1) is 7.36. The molecule has 0 heterocycles. The maximum absolute atomic E-state index is 9.96. The summed E-state index contributed by atoms with van der Waals surface area (Å²) in [5, 5.41) is 13.4. The van der Waals surface area contributed by atoms with Gasteiger partial charge in [0.15, 0.2) is 0 Å². The van der Waals surface area contributed by atoms with Crippen LogP contribution in [0.4, 0.5) is 0 Å². The Morgan fingerprint density at radius 1 is 1.00 bits per heavy atom. The molecule has 2 heteroatoms. The molecule has 2 aliphatic rings. The van der Waals surface area contributed by atoms with Crippen LogP contribution in [0.15, 0.2) is 0 Å². The van der Waals surface area contributed by atoms with Crippen LogP contribution in [0, 0.1) is 11.8 Å². The van der Waals surface area contributed by atoms with E-state index < -0.39 is 0 Å². The van der Waals surface area contributed by atoms with E-state index in [1.807, 2.05) is 0 Å². The molecule has 2 aliphatic carbocycles. The summed E-state index contributed by atoms with van der Waals surface area (Å²) < 4.78 is 0. The van der Waals surface area contributed by atoms with Crippen molar-refractivity contribution in [3.8, 4) is 0 Å². The van der Waals surface area contributed by atoms with Gasteiger partial charge in [-0.1, -0.05) is 25.7 Å². The summed E-state index contributed by atoms with van der Waals surface area (Å²) in [6.45, 7) is 1.95. The first kappa shape index (κ1) is 11.4. The SMILES string of the molecule is OC(CNCC1CCCC1)C1CCCC1. The fourth-order valence-electron chi connectivity index (χ4n) is 3.16. The van der Waals surface area contributed by atoms with Crippen molar-refractivity contribution in [3.05, 3.63) is 0 Å². The van der Waals surface area contributed by atoms with Gasteiger partial charge in [0.2, 0.25) is 0 Å². The Morgan fingerprint density at radius 3 is 2.27 bits per heavy atom. The molecule has 0 radical (unpaired) electrons. The summed E-state index contributed by atoms with van der Waals surface area (Å²) >= 11 is 0. The Balaban J connectivity index is 1.56. The van der Waals surface area contributed by atoms with Crippen molar-refractivity contribution in [1.82, 2.24) is 5.32 Å². The third kappa shape index (κ3) is 3.46. The van der Waals surface area contributed by atoms with Crippen molar-refractivity contribution in [2.24, 2.45) is 11.8 Å². The minimum absolute atomic E-state index is 0.0890. The highest BCUT2D eigenvalue weighted by molar-refractivity contribution is 4.77. The number of hydrogen-bond donors (Lipinski definition) is 2. The van der Waals surface area contributed by atoms with Crippen molar-refractivity contribution < 1.29 is 5.11 Å². The number of aliphatic hydroxyl groups excluding tert-OH is 1. The maximum atomic E-state index is 9.96. The van der Waals surface area contributed by atoms with E-state index in [9.17, 15) is 5.11 Å². The fraction of sp³-hybridized carbons (Fsp3) is 1.00. The Hall–Kier alpha value is -0.0800. The molecule has 0 amide bonds. The summed E-state index contributed by atoms with van der Waals surface area (Å²) in [6.07, 6.45) is 10.7. The van der Waals surface area contributed by atoms with Gasteiger partial charge >= 0.3 is 0 Å². The minimum atomic E-state index is -0.0890.